The van der Waals surface area contributed by atoms with Crippen LogP contribution in [0.2, 0.25) is 0 Å². The van der Waals surface area contributed by atoms with Gasteiger partial charge in [0.05, 0.1) is 11.9 Å². The van der Waals surface area contributed by atoms with Gasteiger partial charge in [0.25, 0.3) is 5.91 Å². The number of ether oxygens (including phenoxy) is 1. The Balaban J connectivity index is 0.00000288. The van der Waals surface area contributed by atoms with Crippen molar-refractivity contribution in [3.8, 4) is 5.69 Å². The number of nitrogens with two attached hydrogens (primary N) is 1. The lowest BCUT2D eigenvalue weighted by molar-refractivity contribution is -0.142. The van der Waals surface area contributed by atoms with Crippen LogP contribution in [-0.4, -0.2) is 35.4 Å². The summed E-state index contributed by atoms with van der Waals surface area (Å²) in [6.07, 6.45) is -4.23. The summed E-state index contributed by atoms with van der Waals surface area (Å²) >= 11 is 0. The second-order valence-corrected chi connectivity index (χ2v) is 4.62. The number of amides is 1. The molecule has 0 saturated carbocycles. The van der Waals surface area contributed by atoms with Crippen molar-refractivity contribution in [3.63, 3.8) is 0 Å². The first-order valence-electron chi connectivity index (χ1n) is 6.62. The highest BCUT2D eigenvalue weighted by molar-refractivity contribution is 5.94. The van der Waals surface area contributed by atoms with E-state index in [0.29, 0.717) is 5.69 Å². The fourth-order valence-electron chi connectivity index (χ4n) is 1.94. The molecule has 0 saturated heterocycles. The van der Waals surface area contributed by atoms with Crippen LogP contribution in [0.1, 0.15) is 5.69 Å². The van der Waals surface area contributed by atoms with Gasteiger partial charge >= 0.3 is 6.18 Å². The molecule has 1 aromatic heterocycles. The molecule has 132 valence electrons. The van der Waals surface area contributed by atoms with Crippen LogP contribution in [0.25, 0.3) is 5.69 Å². The van der Waals surface area contributed by atoms with Crippen molar-refractivity contribution in [1.82, 2.24) is 9.78 Å². The number of hydrogen-bond donors (Lipinski definition) is 2. The van der Waals surface area contributed by atoms with E-state index in [4.69, 9.17) is 10.5 Å². The van der Waals surface area contributed by atoms with Crippen molar-refractivity contribution in [2.24, 2.45) is 5.73 Å². The molecular formula is C14H16ClF3N4O2. The molecule has 1 aromatic carbocycles. The number of carbonyl (C=O) groups is 1. The molecule has 0 bridgehead atoms. The molecule has 0 radical (unpaired) electrons. The minimum absolute atomic E-state index is 0. The number of hydrogen-bond acceptors (Lipinski definition) is 4. The van der Waals surface area contributed by atoms with Gasteiger partial charge in [-0.3, -0.25) is 4.79 Å². The Kier molecular flexibility index (Phi) is 6.76. The standard InChI is InChI=1S/C14H15F3N4O2.ClH/c1-23-11(8-18)13(22)20-9-2-4-10(5-3-9)21-12(6-7-19-21)14(15,16)17;/h2-7,11H,8,18H2,1H3,(H,20,22);1H. The van der Waals surface area contributed by atoms with Gasteiger partial charge in [-0.2, -0.15) is 18.3 Å². The normalized spacial score (nSPS) is 12.4. The number of nitrogens with zero attached hydrogens (tertiary/aromatic N) is 2. The van der Waals surface area contributed by atoms with E-state index in [1.807, 2.05) is 0 Å². The highest BCUT2D eigenvalue weighted by atomic mass is 35.5. The number of benzene rings is 1. The predicted octanol–water partition coefficient (Wildman–Crippen LogP) is 2.23. The summed E-state index contributed by atoms with van der Waals surface area (Å²) in [7, 11) is 1.36. The molecule has 0 aliphatic rings. The lowest BCUT2D eigenvalue weighted by atomic mass is 10.2. The van der Waals surface area contributed by atoms with Gasteiger partial charge in [-0.15, -0.1) is 12.4 Å². The minimum atomic E-state index is -4.50. The van der Waals surface area contributed by atoms with Gasteiger partial charge in [0.15, 0.2) is 0 Å². The van der Waals surface area contributed by atoms with Gasteiger partial charge in [-0.05, 0) is 30.3 Å². The van der Waals surface area contributed by atoms with E-state index in [2.05, 4.69) is 10.4 Å². The summed E-state index contributed by atoms with van der Waals surface area (Å²) in [5.74, 6) is -0.433. The van der Waals surface area contributed by atoms with Crippen LogP contribution in [0.4, 0.5) is 18.9 Å². The summed E-state index contributed by atoms with van der Waals surface area (Å²) in [4.78, 5) is 11.8. The maximum atomic E-state index is 12.8. The number of halogens is 4. The molecule has 0 spiro atoms. The number of methoxy groups -OCH3 is 1. The summed E-state index contributed by atoms with van der Waals surface area (Å²) in [6.45, 7) is 0.0165. The molecule has 24 heavy (non-hydrogen) atoms. The summed E-state index contributed by atoms with van der Waals surface area (Å²) < 4.78 is 44.2. The summed E-state index contributed by atoms with van der Waals surface area (Å²) in [5, 5.41) is 6.24. The van der Waals surface area contributed by atoms with Crippen LogP contribution in [0, 0.1) is 0 Å². The average Bonchev–Trinajstić information content (AvgIpc) is 2.99. The molecule has 2 rings (SSSR count). The Hall–Kier alpha value is -2.10. The molecule has 10 heteroatoms. The fraction of sp³-hybridized carbons (Fsp3) is 0.286. The highest BCUT2D eigenvalue weighted by Gasteiger charge is 2.35. The van der Waals surface area contributed by atoms with Crippen molar-refractivity contribution in [3.05, 3.63) is 42.2 Å². The third-order valence-corrected chi connectivity index (χ3v) is 3.10. The van der Waals surface area contributed by atoms with Gasteiger partial charge in [-0.1, -0.05) is 0 Å². The molecule has 3 N–H and O–H groups in total. The Labute approximate surface area is 142 Å². The van der Waals surface area contributed by atoms with Crippen LogP contribution >= 0.6 is 12.4 Å². The molecule has 0 aliphatic heterocycles. The monoisotopic (exact) mass is 364 g/mol. The van der Waals surface area contributed by atoms with Crippen molar-refractivity contribution in [2.75, 3.05) is 19.0 Å². The zero-order chi connectivity index (χ0) is 17.0. The molecule has 0 fully saturated rings. The van der Waals surface area contributed by atoms with Crippen molar-refractivity contribution < 1.29 is 22.7 Å². The van der Waals surface area contributed by atoms with Gasteiger partial charge in [0, 0.05) is 19.3 Å². The molecular weight excluding hydrogens is 349 g/mol. The molecule has 2 aromatic rings. The quantitative estimate of drug-likeness (QED) is 0.852. The van der Waals surface area contributed by atoms with E-state index in [9.17, 15) is 18.0 Å². The van der Waals surface area contributed by atoms with Gasteiger partial charge in [-0.25, -0.2) is 4.68 Å². The van der Waals surface area contributed by atoms with Crippen LogP contribution < -0.4 is 11.1 Å². The first kappa shape index (κ1) is 19.9. The minimum Gasteiger partial charge on any atom is -0.370 e. The van der Waals surface area contributed by atoms with Gasteiger partial charge in [0.1, 0.15) is 11.8 Å². The maximum absolute atomic E-state index is 12.8. The van der Waals surface area contributed by atoms with Crippen molar-refractivity contribution in [2.45, 2.75) is 12.3 Å². The first-order valence-corrected chi connectivity index (χ1v) is 6.62. The van der Waals surface area contributed by atoms with Crippen LogP contribution in [-0.2, 0) is 15.7 Å². The first-order chi connectivity index (χ1) is 10.9. The number of nitrogens with one attached hydrogen (secondary N) is 1. The Bertz CT molecular complexity index is 669. The topological polar surface area (TPSA) is 82.2 Å². The zero-order valence-corrected chi connectivity index (χ0v) is 13.4. The number of rotatable bonds is 5. The maximum Gasteiger partial charge on any atom is 0.433 e. The summed E-state index contributed by atoms with van der Waals surface area (Å²) in [6, 6.07) is 6.67. The van der Waals surface area contributed by atoms with E-state index in [1.165, 1.54) is 31.4 Å². The number of anilines is 1. The number of aromatic nitrogens is 2. The average molecular weight is 365 g/mol. The lowest BCUT2D eigenvalue weighted by Gasteiger charge is -2.14. The highest BCUT2D eigenvalue weighted by Crippen LogP contribution is 2.30. The second kappa shape index (κ2) is 8.13. The lowest BCUT2D eigenvalue weighted by Crippen LogP contribution is -2.35. The van der Waals surface area contributed by atoms with Crippen LogP contribution in [0.3, 0.4) is 0 Å². The third kappa shape index (κ3) is 4.47. The van der Waals surface area contributed by atoms with Gasteiger partial charge < -0.3 is 15.8 Å². The SMILES string of the molecule is COC(CN)C(=O)Nc1ccc(-n2nccc2C(F)(F)F)cc1.Cl. The summed E-state index contributed by atoms with van der Waals surface area (Å²) in [5.41, 5.74) is 5.14. The molecule has 1 amide bonds. The van der Waals surface area contributed by atoms with E-state index in [0.717, 1.165) is 16.9 Å². The Morgan fingerprint density at radius 3 is 2.46 bits per heavy atom. The Morgan fingerprint density at radius 2 is 1.96 bits per heavy atom. The van der Waals surface area contributed by atoms with E-state index in [1.54, 1.807) is 0 Å². The second-order valence-electron chi connectivity index (χ2n) is 4.62. The van der Waals surface area contributed by atoms with Crippen LogP contribution in [0.5, 0.6) is 0 Å². The van der Waals surface area contributed by atoms with E-state index in [-0.39, 0.29) is 24.6 Å². The van der Waals surface area contributed by atoms with Crippen molar-refractivity contribution >= 4 is 24.0 Å². The Morgan fingerprint density at radius 1 is 1.33 bits per heavy atom. The van der Waals surface area contributed by atoms with Crippen LogP contribution in [0.15, 0.2) is 36.5 Å². The molecule has 1 unspecified atom stereocenters. The van der Waals surface area contributed by atoms with Crippen molar-refractivity contribution in [1.29, 1.82) is 0 Å². The fourth-order valence-corrected chi connectivity index (χ4v) is 1.94. The number of carbonyl (C=O) groups excluding carboxylic acids is 1. The molecule has 6 nitrogen and oxygen atoms in total. The third-order valence-electron chi connectivity index (χ3n) is 3.10. The van der Waals surface area contributed by atoms with E-state index < -0.39 is 23.9 Å². The number of alkyl halides is 3. The smallest absolute Gasteiger partial charge is 0.370 e. The zero-order valence-electron chi connectivity index (χ0n) is 12.6. The predicted molar refractivity (Wildman–Crippen MR) is 84.3 cm³/mol. The van der Waals surface area contributed by atoms with Gasteiger partial charge in [0.2, 0.25) is 0 Å². The van der Waals surface area contributed by atoms with E-state index >= 15 is 0 Å². The molecule has 0 aliphatic carbocycles. The largest absolute Gasteiger partial charge is 0.433 e. The molecule has 1 heterocycles. The molecule has 1 atom stereocenters.